The van der Waals surface area contributed by atoms with Gasteiger partial charge in [0.15, 0.2) is 5.96 Å². The van der Waals surface area contributed by atoms with Crippen molar-refractivity contribution in [3.05, 3.63) is 63.7 Å². The van der Waals surface area contributed by atoms with Gasteiger partial charge in [0.05, 0.1) is 12.2 Å². The lowest BCUT2D eigenvalue weighted by Crippen LogP contribution is -2.47. The number of guanidine groups is 1. The smallest absolute Gasteiger partial charge is 0.226 e. The highest BCUT2D eigenvalue weighted by Crippen LogP contribution is 2.25. The fourth-order valence-electron chi connectivity index (χ4n) is 3.63. The van der Waals surface area contributed by atoms with Crippen molar-refractivity contribution in [1.29, 1.82) is 0 Å². The number of oxazole rings is 1. The average molecular weight is 424 g/mol. The van der Waals surface area contributed by atoms with Crippen LogP contribution in [0, 0.1) is 6.92 Å². The Kier molecular flexibility index (Phi) is 6.50. The molecule has 1 unspecified atom stereocenters. The summed E-state index contributed by atoms with van der Waals surface area (Å²) in [5.74, 6) is 1.41. The fraction of sp³-hybridized carbons (Fsp3) is 0.391. The van der Waals surface area contributed by atoms with Gasteiger partial charge in [0, 0.05) is 43.2 Å². The lowest BCUT2D eigenvalue weighted by molar-refractivity contribution is 0.192. The fourth-order valence-corrected chi connectivity index (χ4v) is 4.52. The molecule has 2 aromatic heterocycles. The molecule has 0 saturated heterocycles. The molecule has 4 rings (SSSR count). The van der Waals surface area contributed by atoms with Gasteiger partial charge >= 0.3 is 0 Å². The highest BCUT2D eigenvalue weighted by molar-refractivity contribution is 7.10. The van der Waals surface area contributed by atoms with Crippen LogP contribution in [0.2, 0.25) is 0 Å². The van der Waals surface area contributed by atoms with Crippen LogP contribution in [0.3, 0.4) is 0 Å². The maximum atomic E-state index is 5.64. The summed E-state index contributed by atoms with van der Waals surface area (Å²) in [6.07, 6.45) is 2.85. The number of rotatable bonds is 6. The van der Waals surface area contributed by atoms with Crippen molar-refractivity contribution in [2.75, 3.05) is 20.1 Å². The topological polar surface area (TPSA) is 65.7 Å². The number of hydrogen-bond donors (Lipinski definition) is 2. The molecular formula is C23H29N5OS. The first-order chi connectivity index (χ1) is 14.6. The van der Waals surface area contributed by atoms with Crippen molar-refractivity contribution in [3.8, 4) is 11.5 Å². The molecule has 0 aliphatic carbocycles. The average Bonchev–Trinajstić information content (AvgIpc) is 3.43. The highest BCUT2D eigenvalue weighted by Gasteiger charge is 2.21. The van der Waals surface area contributed by atoms with Crippen LogP contribution in [-0.2, 0) is 19.5 Å². The number of aromatic nitrogens is 1. The molecule has 0 amide bonds. The van der Waals surface area contributed by atoms with E-state index in [0.29, 0.717) is 18.5 Å². The molecule has 6 nitrogen and oxygen atoms in total. The van der Waals surface area contributed by atoms with E-state index >= 15 is 0 Å². The number of hydrogen-bond acceptors (Lipinski definition) is 5. The second-order valence-electron chi connectivity index (χ2n) is 7.76. The van der Waals surface area contributed by atoms with Gasteiger partial charge in [-0.3, -0.25) is 9.89 Å². The lowest BCUT2D eigenvalue weighted by Gasteiger charge is -2.32. The van der Waals surface area contributed by atoms with E-state index in [9.17, 15) is 0 Å². The summed E-state index contributed by atoms with van der Waals surface area (Å²) in [5.41, 5.74) is 4.54. The van der Waals surface area contributed by atoms with E-state index < -0.39 is 0 Å². The van der Waals surface area contributed by atoms with E-state index in [1.807, 2.05) is 23.5 Å². The van der Waals surface area contributed by atoms with Crippen LogP contribution in [0.25, 0.3) is 11.5 Å². The molecule has 1 aliphatic heterocycles. The van der Waals surface area contributed by atoms with Gasteiger partial charge < -0.3 is 15.1 Å². The first kappa shape index (κ1) is 20.6. The van der Waals surface area contributed by atoms with Gasteiger partial charge in [-0.25, -0.2) is 4.98 Å². The van der Waals surface area contributed by atoms with Crippen molar-refractivity contribution >= 4 is 17.3 Å². The van der Waals surface area contributed by atoms with Crippen LogP contribution in [0.1, 0.15) is 28.6 Å². The molecule has 3 heterocycles. The maximum absolute atomic E-state index is 5.64. The van der Waals surface area contributed by atoms with Crippen molar-refractivity contribution in [1.82, 2.24) is 20.5 Å². The molecule has 2 N–H and O–H groups in total. The standard InChI is InChI=1S/C23H29N5OS/c1-16-4-6-18(7-5-16)22-27-20(15-29-22)13-26-23(24-3)25-12-17(2)28-10-8-21-19(14-28)9-11-30-21/h4-7,9,11,15,17H,8,10,12-14H2,1-3H3,(H2,24,25,26). The second-order valence-corrected chi connectivity index (χ2v) is 8.76. The number of nitrogens with zero attached hydrogens (tertiary/aromatic N) is 3. The van der Waals surface area contributed by atoms with E-state index in [1.165, 1.54) is 11.1 Å². The summed E-state index contributed by atoms with van der Waals surface area (Å²) in [7, 11) is 1.79. The molecule has 7 heteroatoms. The molecule has 0 bridgehead atoms. The van der Waals surface area contributed by atoms with Crippen molar-refractivity contribution in [3.63, 3.8) is 0 Å². The minimum atomic E-state index is 0.428. The minimum absolute atomic E-state index is 0.428. The van der Waals surface area contributed by atoms with Gasteiger partial charge in [0.25, 0.3) is 0 Å². The van der Waals surface area contributed by atoms with E-state index in [1.54, 1.807) is 18.2 Å². The molecule has 1 aromatic carbocycles. The van der Waals surface area contributed by atoms with Crippen LogP contribution in [-0.4, -0.2) is 42.0 Å². The second kappa shape index (κ2) is 9.45. The summed E-state index contributed by atoms with van der Waals surface area (Å²) < 4.78 is 5.64. The SMILES string of the molecule is CN=C(NCc1coc(-c2ccc(C)cc2)n1)NCC(C)N1CCc2sccc2C1. The lowest BCUT2D eigenvalue weighted by atomic mass is 10.1. The monoisotopic (exact) mass is 423 g/mol. The zero-order valence-corrected chi connectivity index (χ0v) is 18.6. The summed E-state index contributed by atoms with van der Waals surface area (Å²) in [6, 6.07) is 10.9. The Hall–Kier alpha value is -2.64. The van der Waals surface area contributed by atoms with Crippen molar-refractivity contribution < 1.29 is 4.42 Å². The van der Waals surface area contributed by atoms with Crippen LogP contribution < -0.4 is 10.6 Å². The molecular weight excluding hydrogens is 394 g/mol. The third-order valence-corrected chi connectivity index (χ3v) is 6.56. The first-order valence-electron chi connectivity index (χ1n) is 10.4. The Morgan fingerprint density at radius 2 is 2.10 bits per heavy atom. The Bertz CT molecular complexity index is 991. The predicted molar refractivity (Wildman–Crippen MR) is 123 cm³/mol. The molecule has 1 aliphatic rings. The van der Waals surface area contributed by atoms with E-state index in [-0.39, 0.29) is 0 Å². The summed E-state index contributed by atoms with van der Waals surface area (Å²) in [6.45, 7) is 7.89. The number of benzene rings is 1. The van der Waals surface area contributed by atoms with Crippen LogP contribution in [0.15, 0.2) is 51.4 Å². The third-order valence-electron chi connectivity index (χ3n) is 5.54. The Morgan fingerprint density at radius 3 is 2.90 bits per heavy atom. The summed E-state index contributed by atoms with van der Waals surface area (Å²) >= 11 is 1.88. The largest absolute Gasteiger partial charge is 0.444 e. The van der Waals surface area contributed by atoms with Crippen LogP contribution >= 0.6 is 11.3 Å². The predicted octanol–water partition coefficient (Wildman–Crippen LogP) is 3.82. The number of thiophene rings is 1. The first-order valence-corrected chi connectivity index (χ1v) is 11.3. The van der Waals surface area contributed by atoms with Gasteiger partial charge in [-0.05, 0) is 49.4 Å². The summed E-state index contributed by atoms with van der Waals surface area (Å²) in [4.78, 5) is 13.0. The van der Waals surface area contributed by atoms with Gasteiger partial charge in [0.1, 0.15) is 6.26 Å². The quantitative estimate of drug-likeness (QED) is 0.466. The van der Waals surface area contributed by atoms with E-state index in [0.717, 1.165) is 43.3 Å². The molecule has 30 heavy (non-hydrogen) atoms. The third kappa shape index (κ3) is 4.91. The van der Waals surface area contributed by atoms with Gasteiger partial charge in [0.2, 0.25) is 5.89 Å². The van der Waals surface area contributed by atoms with Gasteiger partial charge in [-0.15, -0.1) is 11.3 Å². The molecule has 1 atom stereocenters. The van der Waals surface area contributed by atoms with E-state index in [2.05, 4.69) is 62.9 Å². The molecule has 3 aromatic rings. The van der Waals surface area contributed by atoms with Crippen molar-refractivity contribution in [2.45, 2.75) is 39.4 Å². The zero-order chi connectivity index (χ0) is 20.9. The Balaban J connectivity index is 1.26. The van der Waals surface area contributed by atoms with Gasteiger partial charge in [-0.2, -0.15) is 0 Å². The molecule has 0 spiro atoms. The van der Waals surface area contributed by atoms with Crippen LogP contribution in [0.4, 0.5) is 0 Å². The Labute approximate surface area is 182 Å². The molecule has 0 radical (unpaired) electrons. The normalized spacial score (nSPS) is 15.6. The minimum Gasteiger partial charge on any atom is -0.444 e. The van der Waals surface area contributed by atoms with E-state index in [4.69, 9.17) is 4.42 Å². The molecule has 0 fully saturated rings. The summed E-state index contributed by atoms with van der Waals surface area (Å²) in [5, 5.41) is 8.97. The van der Waals surface area contributed by atoms with Crippen molar-refractivity contribution in [2.24, 2.45) is 4.99 Å². The number of aliphatic imine (C=N–C) groups is 1. The van der Waals surface area contributed by atoms with Crippen LogP contribution in [0.5, 0.6) is 0 Å². The zero-order valence-electron chi connectivity index (χ0n) is 17.8. The maximum Gasteiger partial charge on any atom is 0.226 e. The Morgan fingerprint density at radius 1 is 1.27 bits per heavy atom. The number of aryl methyl sites for hydroxylation is 1. The highest BCUT2D eigenvalue weighted by atomic mass is 32.1. The number of fused-ring (bicyclic) bond motifs is 1. The number of nitrogens with one attached hydrogen (secondary N) is 2. The van der Waals surface area contributed by atoms with Gasteiger partial charge in [-0.1, -0.05) is 17.7 Å². The molecule has 0 saturated carbocycles. The molecule has 158 valence electrons.